The third kappa shape index (κ3) is 9.93. The van der Waals surface area contributed by atoms with Crippen LogP contribution in [-0.4, -0.2) is 30.7 Å². The van der Waals surface area contributed by atoms with Gasteiger partial charge in [-0.05, 0) is 84.1 Å². The molecule has 0 aliphatic carbocycles. The van der Waals surface area contributed by atoms with Gasteiger partial charge in [-0.25, -0.2) is 9.82 Å². The van der Waals surface area contributed by atoms with Crippen LogP contribution in [-0.2, 0) is 16.2 Å². The van der Waals surface area contributed by atoms with Crippen LogP contribution in [0.3, 0.4) is 0 Å². The lowest BCUT2D eigenvalue weighted by Gasteiger charge is -2.19. The fraction of sp³-hybridized carbons (Fsp3) is 0.250. The van der Waals surface area contributed by atoms with Gasteiger partial charge in [-0.3, -0.25) is 9.59 Å². The number of hydrogen-bond acceptors (Lipinski definition) is 5. The Balaban J connectivity index is 1.47. The molecular weight excluding hydrogens is 497 g/mol. The highest BCUT2D eigenvalue weighted by atomic mass is 35.5. The summed E-state index contributed by atoms with van der Waals surface area (Å²) in [4.78, 5) is 25.0. The Bertz CT molecular complexity index is 1180. The highest BCUT2D eigenvalue weighted by Gasteiger charge is 2.22. The Labute approximate surface area is 220 Å². The summed E-state index contributed by atoms with van der Waals surface area (Å²) in [7, 11) is 0. The Morgan fingerprint density at radius 2 is 1.57 bits per heavy atom. The van der Waals surface area contributed by atoms with Gasteiger partial charge in [-0.15, -0.1) is 0 Å². The number of hydrazone groups is 1. The van der Waals surface area contributed by atoms with E-state index in [2.05, 4.69) is 15.8 Å². The fourth-order valence-electron chi connectivity index (χ4n) is 3.26. The fourth-order valence-corrected chi connectivity index (χ4v) is 3.39. The van der Waals surface area contributed by atoms with Crippen molar-refractivity contribution in [3.63, 3.8) is 0 Å². The van der Waals surface area contributed by atoms with Gasteiger partial charge < -0.3 is 14.8 Å². The summed E-state index contributed by atoms with van der Waals surface area (Å²) in [6, 6.07) is 19.1. The van der Waals surface area contributed by atoms with Crippen LogP contribution < -0.4 is 20.2 Å². The Morgan fingerprint density at radius 3 is 2.22 bits per heavy atom. The van der Waals surface area contributed by atoms with Crippen LogP contribution in [0.2, 0.25) is 5.02 Å². The Kier molecular flexibility index (Phi) is 10.5. The van der Waals surface area contributed by atoms with Gasteiger partial charge in [0.25, 0.3) is 11.8 Å². The number of nitrogens with one attached hydrogen (secondary N) is 2. The van der Waals surface area contributed by atoms with Gasteiger partial charge in [0.15, 0.2) is 6.61 Å². The number of halogens is 2. The predicted molar refractivity (Wildman–Crippen MR) is 141 cm³/mol. The summed E-state index contributed by atoms with van der Waals surface area (Å²) < 4.78 is 24.1. The van der Waals surface area contributed by atoms with Crippen LogP contribution >= 0.6 is 11.6 Å². The second kappa shape index (κ2) is 14.0. The van der Waals surface area contributed by atoms with E-state index in [4.69, 9.17) is 21.1 Å². The van der Waals surface area contributed by atoms with Gasteiger partial charge in [0, 0.05) is 5.02 Å². The van der Waals surface area contributed by atoms with Crippen molar-refractivity contribution in [3.8, 4) is 11.5 Å². The van der Waals surface area contributed by atoms with Gasteiger partial charge in [0.2, 0.25) is 0 Å². The molecule has 9 heteroatoms. The molecule has 0 radical (unpaired) electrons. The lowest BCUT2D eigenvalue weighted by molar-refractivity contribution is -0.130. The van der Waals surface area contributed by atoms with Crippen molar-refractivity contribution in [3.05, 3.63) is 94.8 Å². The van der Waals surface area contributed by atoms with E-state index in [1.807, 2.05) is 13.8 Å². The topological polar surface area (TPSA) is 89.0 Å². The van der Waals surface area contributed by atoms with Crippen molar-refractivity contribution < 1.29 is 23.5 Å². The molecule has 37 heavy (non-hydrogen) atoms. The van der Waals surface area contributed by atoms with Crippen molar-refractivity contribution >= 4 is 29.6 Å². The average molecular weight is 526 g/mol. The molecule has 0 aromatic heterocycles. The summed E-state index contributed by atoms with van der Waals surface area (Å²) >= 11 is 5.85. The summed E-state index contributed by atoms with van der Waals surface area (Å²) in [5, 5.41) is 7.28. The van der Waals surface area contributed by atoms with Crippen molar-refractivity contribution in [1.29, 1.82) is 0 Å². The smallest absolute Gasteiger partial charge is 0.262 e. The number of rotatable bonds is 12. The van der Waals surface area contributed by atoms with E-state index < -0.39 is 17.9 Å². The SMILES string of the molecule is CC(C)C[C@H](NC(=O)COc1ccc(Cl)cc1)C(=O)N/N=C\c1ccc(OCc2ccc(F)cc2)cc1. The summed E-state index contributed by atoms with van der Waals surface area (Å²) in [5.41, 5.74) is 4.09. The first-order valence-electron chi connectivity index (χ1n) is 11.8. The van der Waals surface area contributed by atoms with Crippen molar-refractivity contribution in [2.75, 3.05) is 6.61 Å². The zero-order chi connectivity index (χ0) is 26.6. The minimum absolute atomic E-state index is 0.166. The molecule has 194 valence electrons. The summed E-state index contributed by atoms with van der Waals surface area (Å²) in [6.45, 7) is 4.00. The normalized spacial score (nSPS) is 11.8. The van der Waals surface area contributed by atoms with Crippen LogP contribution in [0.15, 0.2) is 77.9 Å². The van der Waals surface area contributed by atoms with E-state index >= 15 is 0 Å². The first-order chi connectivity index (χ1) is 17.8. The van der Waals surface area contributed by atoms with Crippen LogP contribution in [0.5, 0.6) is 11.5 Å². The molecule has 0 fully saturated rings. The third-order valence-electron chi connectivity index (χ3n) is 5.13. The maximum atomic E-state index is 13.0. The van der Waals surface area contributed by atoms with Crippen molar-refractivity contribution in [2.24, 2.45) is 11.0 Å². The lowest BCUT2D eigenvalue weighted by Crippen LogP contribution is -2.47. The van der Waals surface area contributed by atoms with Crippen LogP contribution in [0.1, 0.15) is 31.4 Å². The highest BCUT2D eigenvalue weighted by Crippen LogP contribution is 2.16. The molecule has 0 aliphatic heterocycles. The maximum absolute atomic E-state index is 13.0. The van der Waals surface area contributed by atoms with Crippen LogP contribution in [0.4, 0.5) is 4.39 Å². The van der Waals surface area contributed by atoms with Crippen molar-refractivity contribution in [1.82, 2.24) is 10.7 Å². The first kappa shape index (κ1) is 27.7. The molecule has 0 aliphatic rings. The lowest BCUT2D eigenvalue weighted by atomic mass is 10.0. The largest absolute Gasteiger partial charge is 0.489 e. The average Bonchev–Trinajstić information content (AvgIpc) is 2.88. The van der Waals surface area contributed by atoms with Crippen LogP contribution in [0.25, 0.3) is 0 Å². The number of benzene rings is 3. The Morgan fingerprint density at radius 1 is 0.946 bits per heavy atom. The Hall–Kier alpha value is -3.91. The molecule has 0 unspecified atom stereocenters. The van der Waals surface area contributed by atoms with Gasteiger partial charge in [-0.1, -0.05) is 37.6 Å². The molecule has 3 rings (SSSR count). The van der Waals surface area contributed by atoms with Gasteiger partial charge in [-0.2, -0.15) is 5.10 Å². The van der Waals surface area contributed by atoms with E-state index in [-0.39, 0.29) is 18.3 Å². The molecule has 1 atom stereocenters. The number of nitrogens with zero attached hydrogens (tertiary/aromatic N) is 1. The summed E-state index contributed by atoms with van der Waals surface area (Å²) in [5.74, 6) is 0.173. The molecule has 2 N–H and O–H groups in total. The van der Waals surface area contributed by atoms with Gasteiger partial charge in [0.1, 0.15) is 30.0 Å². The van der Waals surface area contributed by atoms with Gasteiger partial charge in [0.05, 0.1) is 6.21 Å². The van der Waals surface area contributed by atoms with Crippen LogP contribution in [0, 0.1) is 11.7 Å². The molecular formula is C28H29ClFN3O4. The summed E-state index contributed by atoms with van der Waals surface area (Å²) in [6.07, 6.45) is 1.94. The quantitative estimate of drug-likeness (QED) is 0.254. The van der Waals surface area contributed by atoms with Crippen molar-refractivity contribution in [2.45, 2.75) is 32.9 Å². The minimum Gasteiger partial charge on any atom is -0.489 e. The molecule has 0 bridgehead atoms. The second-order valence-electron chi connectivity index (χ2n) is 8.71. The number of carbonyl (C=O) groups excluding carboxylic acids is 2. The molecule has 3 aromatic rings. The molecule has 0 heterocycles. The van der Waals surface area contributed by atoms with E-state index in [0.717, 1.165) is 11.1 Å². The zero-order valence-electron chi connectivity index (χ0n) is 20.6. The second-order valence-corrected chi connectivity index (χ2v) is 9.15. The predicted octanol–water partition coefficient (Wildman–Crippen LogP) is 5.12. The molecule has 0 saturated carbocycles. The van der Waals surface area contributed by atoms with E-state index in [1.54, 1.807) is 60.7 Å². The number of hydrogen-bond donors (Lipinski definition) is 2. The molecule has 2 amide bonds. The highest BCUT2D eigenvalue weighted by molar-refractivity contribution is 6.30. The maximum Gasteiger partial charge on any atom is 0.262 e. The number of amides is 2. The molecule has 0 spiro atoms. The van der Waals surface area contributed by atoms with E-state index in [1.165, 1.54) is 18.3 Å². The third-order valence-corrected chi connectivity index (χ3v) is 5.38. The standard InChI is InChI=1S/C28H29ClFN3O4/c1-19(2)15-26(32-27(34)18-37-25-13-7-22(29)8-14-25)28(35)33-31-16-20-5-11-24(12-6-20)36-17-21-3-9-23(30)10-4-21/h3-14,16,19,26H,15,17-18H2,1-2H3,(H,32,34)(H,33,35)/b31-16-/t26-/m0/s1. The number of carbonyl (C=O) groups is 2. The van der Waals surface area contributed by atoms with E-state index in [0.29, 0.717) is 29.5 Å². The van der Waals surface area contributed by atoms with E-state index in [9.17, 15) is 14.0 Å². The van der Waals surface area contributed by atoms with Gasteiger partial charge >= 0.3 is 0 Å². The first-order valence-corrected chi connectivity index (χ1v) is 12.1. The monoisotopic (exact) mass is 525 g/mol. The molecule has 7 nitrogen and oxygen atoms in total. The number of ether oxygens (including phenoxy) is 2. The molecule has 0 saturated heterocycles. The zero-order valence-corrected chi connectivity index (χ0v) is 21.4. The molecule has 3 aromatic carbocycles. The minimum atomic E-state index is -0.763.